The van der Waals surface area contributed by atoms with Gasteiger partial charge < -0.3 is 9.67 Å². The van der Waals surface area contributed by atoms with Crippen molar-refractivity contribution in [1.82, 2.24) is 4.57 Å². The van der Waals surface area contributed by atoms with Crippen molar-refractivity contribution in [3.8, 4) is 0 Å². The van der Waals surface area contributed by atoms with E-state index in [1.165, 1.54) is 24.3 Å². The summed E-state index contributed by atoms with van der Waals surface area (Å²) < 4.78 is 14.7. The summed E-state index contributed by atoms with van der Waals surface area (Å²) in [7, 11) is 0. The maximum Gasteiger partial charge on any atom is 0.372 e. The van der Waals surface area contributed by atoms with Crippen LogP contribution < -0.4 is 0 Å². The van der Waals surface area contributed by atoms with Crippen molar-refractivity contribution in [2.45, 2.75) is 13.0 Å². The molecule has 2 aromatic rings. The minimum Gasteiger partial charge on any atom is -0.475 e. The zero-order valence-electron chi connectivity index (χ0n) is 12.1. The number of nitrogens with zero attached hydrogens (tertiary/aromatic N) is 1. The number of carbonyl (C=O) groups is 3. The predicted molar refractivity (Wildman–Crippen MR) is 81.2 cm³/mol. The van der Waals surface area contributed by atoms with E-state index in [0.29, 0.717) is 6.54 Å². The number of hydrogen-bond donors (Lipinski definition) is 1. The summed E-state index contributed by atoms with van der Waals surface area (Å²) in [6, 6.07) is 7.92. The Bertz CT molecular complexity index is 759. The van der Waals surface area contributed by atoms with Gasteiger partial charge in [-0.25, -0.2) is 9.18 Å². The van der Waals surface area contributed by atoms with Crippen LogP contribution >= 0.6 is 0 Å². The van der Waals surface area contributed by atoms with E-state index in [-0.39, 0.29) is 5.82 Å². The zero-order chi connectivity index (χ0) is 16.8. The first-order valence-corrected chi connectivity index (χ1v) is 6.81. The van der Waals surface area contributed by atoms with Gasteiger partial charge >= 0.3 is 5.97 Å². The number of hydrogen-bond acceptors (Lipinski definition) is 3. The van der Waals surface area contributed by atoms with Gasteiger partial charge in [0.1, 0.15) is 5.82 Å². The minimum atomic E-state index is -1.61. The fourth-order valence-electron chi connectivity index (χ4n) is 1.94. The number of Topliss-reactive ketones (excluding diaryl/α,β-unsaturated/α-hetero) is 1. The van der Waals surface area contributed by atoms with Gasteiger partial charge in [-0.3, -0.25) is 9.59 Å². The summed E-state index contributed by atoms with van der Waals surface area (Å²) in [6.45, 7) is 0.555. The number of halogens is 1. The minimum absolute atomic E-state index is 0.292. The summed E-state index contributed by atoms with van der Waals surface area (Å²) in [5.74, 6) is -3.60. The summed E-state index contributed by atoms with van der Waals surface area (Å²) in [4.78, 5) is 32.7. The smallest absolute Gasteiger partial charge is 0.372 e. The first-order chi connectivity index (χ1) is 10.9. The van der Waals surface area contributed by atoms with E-state index in [1.807, 2.05) is 4.57 Å². The molecule has 0 saturated heterocycles. The molecule has 2 rings (SSSR count). The van der Waals surface area contributed by atoms with Gasteiger partial charge in [0.05, 0.1) is 6.42 Å². The summed E-state index contributed by atoms with van der Waals surface area (Å²) in [5.41, 5.74) is 1.67. The van der Waals surface area contributed by atoms with Crippen LogP contribution in [0.25, 0.3) is 6.08 Å². The average molecular weight is 315 g/mol. The topological polar surface area (TPSA) is 76.4 Å². The molecule has 0 amide bonds. The van der Waals surface area contributed by atoms with Crippen molar-refractivity contribution in [1.29, 1.82) is 0 Å². The highest BCUT2D eigenvalue weighted by Gasteiger charge is 2.14. The van der Waals surface area contributed by atoms with Crippen LogP contribution in [0.3, 0.4) is 0 Å². The highest BCUT2D eigenvalue weighted by molar-refractivity contribution is 6.37. The third-order valence-corrected chi connectivity index (χ3v) is 3.09. The van der Waals surface area contributed by atoms with Crippen molar-refractivity contribution in [2.75, 3.05) is 0 Å². The van der Waals surface area contributed by atoms with Crippen molar-refractivity contribution in [2.24, 2.45) is 0 Å². The molecular formula is C17H14FNO4. The molecule has 0 aliphatic rings. The number of ketones is 2. The standard InChI is InChI=1S/C17H14FNO4/c18-14-4-1-12(2-5-14)10-19-8-7-13(11-19)3-6-15(20)9-16(21)17(22)23/h1-8,11H,9-10H2,(H,22,23)/b6-3+. The van der Waals surface area contributed by atoms with E-state index < -0.39 is 24.0 Å². The number of carbonyl (C=O) groups excluding carboxylic acids is 2. The molecule has 5 nitrogen and oxygen atoms in total. The van der Waals surface area contributed by atoms with E-state index in [4.69, 9.17) is 5.11 Å². The first kappa shape index (κ1) is 16.4. The van der Waals surface area contributed by atoms with Crippen LogP contribution in [0.5, 0.6) is 0 Å². The number of allylic oxidation sites excluding steroid dienone is 1. The monoisotopic (exact) mass is 315 g/mol. The fraction of sp³-hybridized carbons (Fsp3) is 0.118. The molecule has 0 saturated carbocycles. The Labute approximate surface area is 131 Å². The molecule has 0 bridgehead atoms. The first-order valence-electron chi connectivity index (χ1n) is 6.81. The Balaban J connectivity index is 1.95. The lowest BCUT2D eigenvalue weighted by Crippen LogP contribution is -2.15. The van der Waals surface area contributed by atoms with E-state index in [1.54, 1.807) is 30.6 Å². The molecule has 118 valence electrons. The summed E-state index contributed by atoms with van der Waals surface area (Å²) in [6.07, 6.45) is 5.63. The van der Waals surface area contributed by atoms with Gasteiger partial charge in [0.2, 0.25) is 5.78 Å². The zero-order valence-corrected chi connectivity index (χ0v) is 12.1. The third kappa shape index (κ3) is 5.03. The number of rotatable bonds is 7. The molecule has 0 aliphatic carbocycles. The lowest BCUT2D eigenvalue weighted by atomic mass is 10.2. The van der Waals surface area contributed by atoms with E-state index in [0.717, 1.165) is 11.1 Å². The fourth-order valence-corrected chi connectivity index (χ4v) is 1.94. The van der Waals surface area contributed by atoms with Crippen LogP contribution in [0.4, 0.5) is 4.39 Å². The highest BCUT2D eigenvalue weighted by Crippen LogP contribution is 2.09. The quantitative estimate of drug-likeness (QED) is 0.483. The Morgan fingerprint density at radius 3 is 2.48 bits per heavy atom. The molecule has 23 heavy (non-hydrogen) atoms. The number of aromatic nitrogens is 1. The number of carboxylic acids is 1. The van der Waals surface area contributed by atoms with E-state index in [2.05, 4.69) is 0 Å². The molecule has 0 fully saturated rings. The molecule has 0 radical (unpaired) electrons. The molecule has 1 heterocycles. The Morgan fingerprint density at radius 2 is 1.83 bits per heavy atom. The largest absolute Gasteiger partial charge is 0.475 e. The van der Waals surface area contributed by atoms with Crippen molar-refractivity contribution >= 4 is 23.6 Å². The van der Waals surface area contributed by atoms with Crippen molar-refractivity contribution in [3.05, 3.63) is 65.7 Å². The number of benzene rings is 1. The summed E-state index contributed by atoms with van der Waals surface area (Å²) in [5, 5.41) is 8.42. The Kier molecular flexibility index (Phi) is 5.19. The predicted octanol–water partition coefficient (Wildman–Crippen LogP) is 2.30. The van der Waals surface area contributed by atoms with Gasteiger partial charge in [-0.15, -0.1) is 0 Å². The normalized spacial score (nSPS) is 10.8. The van der Waals surface area contributed by atoms with Crippen LogP contribution in [0, 0.1) is 5.82 Å². The number of carboxylic acid groups (broad SMARTS) is 1. The van der Waals surface area contributed by atoms with Gasteiger partial charge in [0, 0.05) is 18.9 Å². The SMILES string of the molecule is O=C(/C=C/c1ccn(Cc2ccc(F)cc2)c1)CC(=O)C(=O)O. The molecule has 1 aromatic heterocycles. The second kappa shape index (κ2) is 7.31. The van der Waals surface area contributed by atoms with Crippen molar-refractivity contribution < 1.29 is 23.9 Å². The molecule has 6 heteroatoms. The molecule has 0 unspecified atom stereocenters. The molecular weight excluding hydrogens is 301 g/mol. The average Bonchev–Trinajstić information content (AvgIpc) is 2.95. The lowest BCUT2D eigenvalue weighted by molar-refractivity contribution is -0.149. The maximum atomic E-state index is 12.8. The molecule has 0 spiro atoms. The Morgan fingerprint density at radius 1 is 1.13 bits per heavy atom. The third-order valence-electron chi connectivity index (χ3n) is 3.09. The number of aliphatic carboxylic acids is 1. The second-order valence-corrected chi connectivity index (χ2v) is 4.95. The highest BCUT2D eigenvalue weighted by atomic mass is 19.1. The van der Waals surface area contributed by atoms with Crippen LogP contribution in [-0.2, 0) is 20.9 Å². The molecule has 1 N–H and O–H groups in total. The second-order valence-electron chi connectivity index (χ2n) is 4.95. The molecule has 1 aromatic carbocycles. The van der Waals surface area contributed by atoms with Gasteiger partial charge in [-0.05, 0) is 41.5 Å². The van der Waals surface area contributed by atoms with Crippen LogP contribution in [-0.4, -0.2) is 27.2 Å². The van der Waals surface area contributed by atoms with Gasteiger partial charge in [0.15, 0.2) is 5.78 Å². The van der Waals surface area contributed by atoms with Crippen LogP contribution in [0.15, 0.2) is 48.8 Å². The van der Waals surface area contributed by atoms with Gasteiger partial charge in [-0.1, -0.05) is 12.1 Å². The molecule has 0 aliphatic heterocycles. The van der Waals surface area contributed by atoms with Gasteiger partial charge in [0.25, 0.3) is 0 Å². The van der Waals surface area contributed by atoms with E-state index in [9.17, 15) is 18.8 Å². The molecule has 0 atom stereocenters. The van der Waals surface area contributed by atoms with Crippen LogP contribution in [0.2, 0.25) is 0 Å². The van der Waals surface area contributed by atoms with Gasteiger partial charge in [-0.2, -0.15) is 0 Å². The van der Waals surface area contributed by atoms with Crippen molar-refractivity contribution in [3.63, 3.8) is 0 Å². The lowest BCUT2D eigenvalue weighted by Gasteiger charge is -2.02. The summed E-state index contributed by atoms with van der Waals surface area (Å²) >= 11 is 0. The van der Waals surface area contributed by atoms with E-state index >= 15 is 0 Å². The van der Waals surface area contributed by atoms with Crippen LogP contribution in [0.1, 0.15) is 17.5 Å². The maximum absolute atomic E-state index is 12.8. The Hall–Kier alpha value is -3.02.